The lowest BCUT2D eigenvalue weighted by Gasteiger charge is -2.33. The second-order valence-electron chi connectivity index (χ2n) is 17.4. The van der Waals surface area contributed by atoms with Gasteiger partial charge in [-0.25, -0.2) is 4.68 Å². The molecular weight excluding hydrogens is 863 g/mol. The topological polar surface area (TPSA) is 325 Å². The number of primary amides is 2. The monoisotopic (exact) mass is 923 g/mol. The van der Waals surface area contributed by atoms with Crippen LogP contribution in [0.3, 0.4) is 0 Å². The van der Waals surface area contributed by atoms with Gasteiger partial charge in [0.05, 0.1) is 30.6 Å². The Bertz CT molecular complexity index is 2420. The number of H-pyrrole nitrogens is 1. The van der Waals surface area contributed by atoms with E-state index < -0.39 is 108 Å². The predicted molar refractivity (Wildman–Crippen MR) is 245 cm³/mol. The zero-order valence-corrected chi connectivity index (χ0v) is 37.7. The second kappa shape index (κ2) is 22.8. The number of hydrogen-bond acceptors (Lipinski definition) is 11. The summed E-state index contributed by atoms with van der Waals surface area (Å²) in [7, 11) is 0. The fourth-order valence-corrected chi connectivity index (χ4v) is 8.45. The summed E-state index contributed by atoms with van der Waals surface area (Å²) in [6, 6.07) is 8.80. The number of nitrogens with zero attached hydrogens (tertiary/aromatic N) is 4. The third-order valence-corrected chi connectivity index (χ3v) is 12.5. The van der Waals surface area contributed by atoms with Crippen molar-refractivity contribution in [3.8, 4) is 0 Å². The molecule has 358 valence electrons. The molecule has 4 heterocycles. The highest BCUT2D eigenvalue weighted by atomic mass is 16.2. The molecule has 2 saturated heterocycles. The second-order valence-corrected chi connectivity index (χ2v) is 17.4. The van der Waals surface area contributed by atoms with E-state index in [0.29, 0.717) is 43.4 Å². The van der Waals surface area contributed by atoms with Gasteiger partial charge in [-0.05, 0) is 55.2 Å². The van der Waals surface area contributed by atoms with Gasteiger partial charge in [0.15, 0.2) is 0 Å². The maximum atomic E-state index is 15.0. The Morgan fingerprint density at radius 3 is 2.30 bits per heavy atom. The zero-order valence-electron chi connectivity index (χ0n) is 37.7. The Morgan fingerprint density at radius 1 is 0.851 bits per heavy atom. The number of amides is 8. The SMILES string of the molecule is CC[C@@H](C)[C@H]1NC(=O)[C@@H](CC(N)=O)NC(=O)[C@@H](N)CC(=O)NCCCC[C@H](C(N)=O)NC(=O)[C@@H](Cc2c[nH]c3ccccc23)NC(=O)[C@H]2C[C@@H](n3cc(CCc4ccccc4)nn3)CN2C1=O. The first kappa shape index (κ1) is 49.3. The largest absolute Gasteiger partial charge is 0.370 e. The maximum Gasteiger partial charge on any atom is 0.246 e. The molecule has 2 aliphatic rings. The molecule has 2 aromatic heterocycles. The lowest BCUT2D eigenvalue weighted by molar-refractivity contribution is -0.143. The summed E-state index contributed by atoms with van der Waals surface area (Å²) in [5, 5.41) is 23.0. The molecule has 67 heavy (non-hydrogen) atoms. The van der Waals surface area contributed by atoms with Crippen LogP contribution in [-0.2, 0) is 57.6 Å². The number of carbonyl (C=O) groups is 8. The molecule has 21 heteroatoms. The van der Waals surface area contributed by atoms with Gasteiger partial charge >= 0.3 is 0 Å². The highest BCUT2D eigenvalue weighted by molar-refractivity contribution is 5.99. The minimum Gasteiger partial charge on any atom is -0.370 e. The molecule has 0 unspecified atom stereocenters. The van der Waals surface area contributed by atoms with E-state index in [1.54, 1.807) is 30.9 Å². The molecule has 8 amide bonds. The van der Waals surface area contributed by atoms with Crippen molar-refractivity contribution in [2.45, 2.75) is 120 Å². The number of aromatic nitrogens is 4. The van der Waals surface area contributed by atoms with Crippen LogP contribution in [0.15, 0.2) is 67.0 Å². The molecule has 0 aliphatic carbocycles. The third-order valence-electron chi connectivity index (χ3n) is 12.5. The van der Waals surface area contributed by atoms with Gasteiger partial charge in [-0.3, -0.25) is 38.4 Å². The Labute approximate surface area is 387 Å². The Morgan fingerprint density at radius 2 is 1.57 bits per heavy atom. The van der Waals surface area contributed by atoms with E-state index in [1.807, 2.05) is 54.6 Å². The smallest absolute Gasteiger partial charge is 0.246 e. The Hall–Kier alpha value is -7.16. The summed E-state index contributed by atoms with van der Waals surface area (Å²) in [6.45, 7) is 3.60. The van der Waals surface area contributed by atoms with Crippen molar-refractivity contribution < 1.29 is 38.4 Å². The fraction of sp³-hybridized carbons (Fsp3) is 0.478. The standard InChI is InChI=1S/C46H61N13O8/c1-3-26(2)40-46(67)58-25-30(59-24-29(56-57-59)17-16-27-11-5-4-6-12-27)20-37(58)45(66)54-35(19-28-23-51-33-14-8-7-13-31(28)33)43(64)52-34(41(49)62)15-9-10-18-50-39(61)21-32(47)42(63)53-36(22-38(48)60)44(65)55-40/h4-8,11-14,23-24,26,30,32,34-37,40,51H,3,9-10,15-22,25,47H2,1-2H3,(H2,48,60)(H2,49,62)(H,50,61)(H,52,64)(H,53,63)(H,54,66)(H,55,65)/t26-,30-,32+,34-,35-,36-,37-,40-/m1/s1. The molecule has 0 radical (unpaired) electrons. The average molecular weight is 924 g/mol. The van der Waals surface area contributed by atoms with Crippen molar-refractivity contribution in [2.24, 2.45) is 23.1 Å². The fourth-order valence-electron chi connectivity index (χ4n) is 8.45. The van der Waals surface area contributed by atoms with E-state index in [0.717, 1.165) is 16.5 Å². The highest BCUT2D eigenvalue weighted by Crippen LogP contribution is 2.30. The maximum absolute atomic E-state index is 15.0. The first-order chi connectivity index (χ1) is 32.1. The molecule has 0 spiro atoms. The van der Waals surface area contributed by atoms with Crippen molar-refractivity contribution in [3.63, 3.8) is 0 Å². The highest BCUT2D eigenvalue weighted by Gasteiger charge is 2.45. The number of carbonyl (C=O) groups excluding carboxylic acids is 8. The van der Waals surface area contributed by atoms with Crippen LogP contribution in [0.4, 0.5) is 0 Å². The van der Waals surface area contributed by atoms with Gasteiger partial charge in [-0.1, -0.05) is 74.0 Å². The number of nitrogens with one attached hydrogen (secondary N) is 6. The molecule has 4 aromatic rings. The molecule has 2 aliphatic heterocycles. The van der Waals surface area contributed by atoms with Crippen molar-refractivity contribution in [3.05, 3.63) is 83.8 Å². The van der Waals surface area contributed by atoms with Gasteiger partial charge in [0.1, 0.15) is 30.2 Å². The van der Waals surface area contributed by atoms with Crippen LogP contribution in [0.5, 0.6) is 0 Å². The quantitative estimate of drug-likeness (QED) is 0.0905. The summed E-state index contributed by atoms with van der Waals surface area (Å²) in [5.41, 5.74) is 20.6. The number of hydrogen-bond donors (Lipinski definition) is 9. The van der Waals surface area contributed by atoms with Crippen molar-refractivity contribution >= 4 is 58.2 Å². The third kappa shape index (κ3) is 13.0. The van der Waals surface area contributed by atoms with Crippen LogP contribution in [0, 0.1) is 5.92 Å². The van der Waals surface area contributed by atoms with E-state index in [4.69, 9.17) is 17.2 Å². The molecule has 0 bridgehead atoms. The van der Waals surface area contributed by atoms with Crippen molar-refractivity contribution in [1.29, 1.82) is 0 Å². The van der Waals surface area contributed by atoms with E-state index in [-0.39, 0.29) is 32.4 Å². The summed E-state index contributed by atoms with van der Waals surface area (Å²) < 4.78 is 1.61. The minimum absolute atomic E-state index is 0.0162. The molecule has 12 N–H and O–H groups in total. The number of rotatable bonds is 11. The molecule has 8 atom stereocenters. The molecule has 2 fully saturated rings. The van der Waals surface area contributed by atoms with Crippen LogP contribution in [0.1, 0.15) is 81.7 Å². The molecular formula is C46H61N13O8. The number of benzene rings is 2. The number of aryl methyl sites for hydroxylation is 2. The van der Waals surface area contributed by atoms with E-state index in [9.17, 15) is 38.4 Å². The lowest BCUT2D eigenvalue weighted by atomic mass is 9.96. The van der Waals surface area contributed by atoms with E-state index in [1.165, 1.54) is 4.90 Å². The first-order valence-electron chi connectivity index (χ1n) is 22.7. The van der Waals surface area contributed by atoms with E-state index in [2.05, 4.69) is 41.9 Å². The summed E-state index contributed by atoms with van der Waals surface area (Å²) in [6.07, 6.45) is 4.83. The van der Waals surface area contributed by atoms with Crippen LogP contribution >= 0.6 is 0 Å². The van der Waals surface area contributed by atoms with Gasteiger partial charge < -0.3 is 53.7 Å². The molecule has 0 saturated carbocycles. The van der Waals surface area contributed by atoms with Gasteiger partial charge in [-0.2, -0.15) is 0 Å². The van der Waals surface area contributed by atoms with Gasteiger partial charge in [0.2, 0.25) is 47.3 Å². The van der Waals surface area contributed by atoms with Crippen LogP contribution in [0.25, 0.3) is 10.9 Å². The zero-order chi connectivity index (χ0) is 48.2. The molecule has 6 rings (SSSR count). The normalized spacial score (nSPS) is 24.7. The number of nitrogens with two attached hydrogens (primary N) is 3. The summed E-state index contributed by atoms with van der Waals surface area (Å²) in [4.78, 5) is 114. The van der Waals surface area contributed by atoms with Crippen LogP contribution in [0.2, 0.25) is 0 Å². The Kier molecular flexibility index (Phi) is 16.8. The summed E-state index contributed by atoms with van der Waals surface area (Å²) >= 11 is 0. The van der Waals surface area contributed by atoms with Gasteiger partial charge in [0, 0.05) is 49.2 Å². The minimum atomic E-state index is -1.57. The number of fused-ring (bicyclic) bond motifs is 2. The first-order valence-corrected chi connectivity index (χ1v) is 22.7. The van der Waals surface area contributed by atoms with Crippen molar-refractivity contribution in [2.75, 3.05) is 13.1 Å². The molecule has 21 nitrogen and oxygen atoms in total. The lowest BCUT2D eigenvalue weighted by Crippen LogP contribution is -2.60. The van der Waals surface area contributed by atoms with Gasteiger partial charge in [0.25, 0.3) is 0 Å². The number of aromatic amines is 1. The van der Waals surface area contributed by atoms with Crippen molar-refractivity contribution in [1.82, 2.24) is 51.5 Å². The average Bonchev–Trinajstić information content (AvgIpc) is 4.08. The number of para-hydroxylation sites is 1. The summed E-state index contributed by atoms with van der Waals surface area (Å²) in [5.74, 6) is -6.75. The van der Waals surface area contributed by atoms with Gasteiger partial charge in [-0.15, -0.1) is 5.10 Å². The van der Waals surface area contributed by atoms with Crippen LogP contribution < -0.4 is 43.8 Å². The van der Waals surface area contributed by atoms with Crippen LogP contribution in [-0.4, -0.2) is 121 Å². The predicted octanol–water partition coefficient (Wildman–Crippen LogP) is -0.707. The van der Waals surface area contributed by atoms with E-state index >= 15 is 0 Å². The Balaban J connectivity index is 1.36. The molecule has 2 aromatic carbocycles.